The smallest absolute Gasteiger partial charge is 0.228 e. The second-order valence-electron chi connectivity index (χ2n) is 7.93. The monoisotopic (exact) mass is 461 g/mol. The van der Waals surface area contributed by atoms with Crippen LogP contribution >= 0.6 is 23.2 Å². The molecule has 3 aromatic rings. The van der Waals surface area contributed by atoms with E-state index < -0.39 is 0 Å². The molecule has 1 N–H and O–H groups in total. The van der Waals surface area contributed by atoms with Crippen molar-refractivity contribution >= 4 is 34.8 Å². The van der Waals surface area contributed by atoms with Gasteiger partial charge in [0.15, 0.2) is 0 Å². The standard InChI is InChI=1S/C26H21Cl2N3O/c1-16(2)8-19-6-7-20(11-21(19)15-30)26-23(27)12-22(13-24(26)28)31-25(32)10-17-4-3-5-18(9-17)14-29/h3-7,9,11-13,16H,8,10H2,1-2H3,(H,31,32). The summed E-state index contributed by atoms with van der Waals surface area (Å²) in [5, 5.41) is 22.1. The first-order chi connectivity index (χ1) is 15.3. The van der Waals surface area contributed by atoms with Crippen molar-refractivity contribution in [1.82, 2.24) is 0 Å². The lowest BCUT2D eigenvalue weighted by atomic mass is 9.94. The summed E-state index contributed by atoms with van der Waals surface area (Å²) in [6.07, 6.45) is 0.933. The molecule has 0 aliphatic rings. The number of carbonyl (C=O) groups is 1. The lowest BCUT2D eigenvalue weighted by Crippen LogP contribution is -2.14. The van der Waals surface area contributed by atoms with E-state index in [4.69, 9.17) is 28.5 Å². The van der Waals surface area contributed by atoms with Gasteiger partial charge in [-0.2, -0.15) is 10.5 Å². The molecule has 0 unspecified atom stereocenters. The highest BCUT2D eigenvalue weighted by atomic mass is 35.5. The maximum atomic E-state index is 12.5. The van der Waals surface area contributed by atoms with Gasteiger partial charge >= 0.3 is 0 Å². The van der Waals surface area contributed by atoms with E-state index in [0.29, 0.717) is 38.3 Å². The molecule has 1 amide bonds. The van der Waals surface area contributed by atoms with Gasteiger partial charge in [0.2, 0.25) is 5.91 Å². The van der Waals surface area contributed by atoms with Crippen molar-refractivity contribution < 1.29 is 4.79 Å². The molecule has 0 bridgehead atoms. The van der Waals surface area contributed by atoms with Crippen LogP contribution in [0.4, 0.5) is 5.69 Å². The van der Waals surface area contributed by atoms with E-state index in [0.717, 1.165) is 23.1 Å². The number of nitrogens with one attached hydrogen (secondary N) is 1. The maximum Gasteiger partial charge on any atom is 0.228 e. The molecule has 0 spiro atoms. The first-order valence-corrected chi connectivity index (χ1v) is 10.9. The minimum Gasteiger partial charge on any atom is -0.326 e. The summed E-state index contributed by atoms with van der Waals surface area (Å²) < 4.78 is 0. The van der Waals surface area contributed by atoms with E-state index >= 15 is 0 Å². The molecule has 0 heterocycles. The van der Waals surface area contributed by atoms with Crippen LogP contribution in [0, 0.1) is 28.6 Å². The SMILES string of the molecule is CC(C)Cc1ccc(-c2c(Cl)cc(NC(=O)Cc3cccc(C#N)c3)cc2Cl)cc1C#N. The van der Waals surface area contributed by atoms with E-state index in [2.05, 4.69) is 31.3 Å². The molecule has 0 saturated carbocycles. The predicted octanol–water partition coefficient (Wildman–Crippen LogP) is 6.78. The molecule has 32 heavy (non-hydrogen) atoms. The molecule has 6 heteroatoms. The van der Waals surface area contributed by atoms with Gasteiger partial charge in [-0.1, -0.05) is 61.3 Å². The number of hydrogen-bond donors (Lipinski definition) is 1. The molecular weight excluding hydrogens is 441 g/mol. The molecule has 0 aliphatic heterocycles. The van der Waals surface area contributed by atoms with Crippen molar-refractivity contribution in [3.05, 3.63) is 86.9 Å². The molecule has 0 aromatic heterocycles. The zero-order valence-electron chi connectivity index (χ0n) is 17.7. The number of hydrogen-bond acceptors (Lipinski definition) is 3. The fourth-order valence-corrected chi connectivity index (χ4v) is 4.22. The number of rotatable bonds is 6. The molecule has 0 saturated heterocycles. The van der Waals surface area contributed by atoms with Crippen LogP contribution in [-0.2, 0) is 17.6 Å². The van der Waals surface area contributed by atoms with E-state index in [1.165, 1.54) is 0 Å². The summed E-state index contributed by atoms with van der Waals surface area (Å²) in [6, 6.07) is 20.1. The van der Waals surface area contributed by atoms with Gasteiger partial charge in [0, 0.05) is 11.3 Å². The maximum absolute atomic E-state index is 12.5. The summed E-state index contributed by atoms with van der Waals surface area (Å²) >= 11 is 13.0. The molecular formula is C26H21Cl2N3O. The number of amides is 1. The quantitative estimate of drug-likeness (QED) is 0.439. The summed E-state index contributed by atoms with van der Waals surface area (Å²) in [5.74, 6) is 0.190. The summed E-state index contributed by atoms with van der Waals surface area (Å²) in [4.78, 5) is 12.5. The Bertz CT molecular complexity index is 1230. The van der Waals surface area contributed by atoms with Gasteiger partial charge in [0.25, 0.3) is 0 Å². The number of nitriles is 2. The number of benzene rings is 3. The van der Waals surface area contributed by atoms with Crippen molar-refractivity contribution in [1.29, 1.82) is 10.5 Å². The Hall–Kier alpha value is -3.31. The number of carbonyl (C=O) groups excluding carboxylic acids is 1. The van der Waals surface area contributed by atoms with Gasteiger partial charge in [-0.05, 0) is 59.4 Å². The van der Waals surface area contributed by atoms with Crippen molar-refractivity contribution in [2.75, 3.05) is 5.32 Å². The van der Waals surface area contributed by atoms with Crippen LogP contribution in [0.15, 0.2) is 54.6 Å². The zero-order chi connectivity index (χ0) is 23.3. The first-order valence-electron chi connectivity index (χ1n) is 10.1. The highest BCUT2D eigenvalue weighted by Gasteiger charge is 2.15. The molecule has 160 valence electrons. The first kappa shape index (κ1) is 23.4. The number of nitrogens with zero attached hydrogens (tertiary/aromatic N) is 2. The predicted molar refractivity (Wildman–Crippen MR) is 129 cm³/mol. The van der Waals surface area contributed by atoms with E-state index in [1.807, 2.05) is 12.1 Å². The fraction of sp³-hybridized carbons (Fsp3) is 0.192. The third-order valence-corrected chi connectivity index (χ3v) is 5.49. The Kier molecular flexibility index (Phi) is 7.54. The van der Waals surface area contributed by atoms with E-state index in [1.54, 1.807) is 42.5 Å². The van der Waals surface area contributed by atoms with Crippen LogP contribution in [0.25, 0.3) is 11.1 Å². The van der Waals surface area contributed by atoms with Gasteiger partial charge < -0.3 is 5.32 Å². The molecule has 3 rings (SSSR count). The summed E-state index contributed by atoms with van der Waals surface area (Å²) in [5.41, 5.74) is 4.66. The largest absolute Gasteiger partial charge is 0.326 e. The average Bonchev–Trinajstić information content (AvgIpc) is 2.73. The van der Waals surface area contributed by atoms with Gasteiger partial charge in [-0.25, -0.2) is 0 Å². The Morgan fingerprint density at radius 1 is 1.00 bits per heavy atom. The molecule has 0 atom stereocenters. The Balaban J connectivity index is 1.83. The summed E-state index contributed by atoms with van der Waals surface area (Å²) in [6.45, 7) is 4.21. The molecule has 0 radical (unpaired) electrons. The van der Waals surface area contributed by atoms with E-state index in [-0.39, 0.29) is 12.3 Å². The van der Waals surface area contributed by atoms with Crippen LogP contribution in [0.2, 0.25) is 10.0 Å². The molecule has 3 aromatic carbocycles. The molecule has 0 aliphatic carbocycles. The molecule has 4 nitrogen and oxygen atoms in total. The highest BCUT2D eigenvalue weighted by molar-refractivity contribution is 6.39. The zero-order valence-corrected chi connectivity index (χ0v) is 19.3. The van der Waals surface area contributed by atoms with Gasteiger partial charge in [0.05, 0.1) is 39.7 Å². The fourth-order valence-electron chi connectivity index (χ4n) is 3.52. The van der Waals surface area contributed by atoms with Crippen LogP contribution in [0.3, 0.4) is 0 Å². The minimum atomic E-state index is -0.246. The average molecular weight is 462 g/mol. The van der Waals surface area contributed by atoms with Gasteiger partial charge in [-0.3, -0.25) is 4.79 Å². The summed E-state index contributed by atoms with van der Waals surface area (Å²) in [7, 11) is 0. The third-order valence-electron chi connectivity index (χ3n) is 4.89. The minimum absolute atomic E-state index is 0.120. The van der Waals surface area contributed by atoms with Crippen molar-refractivity contribution in [2.24, 2.45) is 5.92 Å². The normalized spacial score (nSPS) is 10.5. The third kappa shape index (κ3) is 5.68. The second-order valence-corrected chi connectivity index (χ2v) is 8.75. The van der Waals surface area contributed by atoms with Crippen molar-refractivity contribution in [2.45, 2.75) is 26.7 Å². The van der Waals surface area contributed by atoms with Gasteiger partial charge in [0.1, 0.15) is 0 Å². The van der Waals surface area contributed by atoms with E-state index in [9.17, 15) is 10.1 Å². The number of anilines is 1. The Morgan fingerprint density at radius 2 is 1.72 bits per heavy atom. The number of halogens is 2. The Morgan fingerprint density at radius 3 is 2.34 bits per heavy atom. The van der Waals surface area contributed by atoms with Crippen molar-refractivity contribution in [3.8, 4) is 23.3 Å². The second kappa shape index (κ2) is 10.3. The highest BCUT2D eigenvalue weighted by Crippen LogP contribution is 2.38. The van der Waals surface area contributed by atoms with Crippen molar-refractivity contribution in [3.63, 3.8) is 0 Å². The van der Waals surface area contributed by atoms with Gasteiger partial charge in [-0.15, -0.1) is 0 Å². The van der Waals surface area contributed by atoms with Crippen LogP contribution < -0.4 is 5.32 Å². The van der Waals surface area contributed by atoms with Crippen LogP contribution in [0.5, 0.6) is 0 Å². The topological polar surface area (TPSA) is 76.7 Å². The van der Waals surface area contributed by atoms with Crippen LogP contribution in [0.1, 0.15) is 36.1 Å². The lowest BCUT2D eigenvalue weighted by molar-refractivity contribution is -0.115. The van der Waals surface area contributed by atoms with Crippen LogP contribution in [-0.4, -0.2) is 5.91 Å². The molecule has 0 fully saturated rings. The lowest BCUT2D eigenvalue weighted by Gasteiger charge is -2.14. The Labute approximate surface area is 198 Å².